The van der Waals surface area contributed by atoms with E-state index in [1.165, 1.54) is 50.5 Å². The topological polar surface area (TPSA) is 12.0 Å². The second kappa shape index (κ2) is 6.49. The van der Waals surface area contributed by atoms with Crippen molar-refractivity contribution in [1.82, 2.24) is 5.32 Å². The van der Waals surface area contributed by atoms with Gasteiger partial charge in [0.05, 0.1) is 0 Å². The molecule has 1 aromatic rings. The molecule has 0 amide bonds. The summed E-state index contributed by atoms with van der Waals surface area (Å²) in [6, 6.07) is 9.26. The van der Waals surface area contributed by atoms with Crippen LogP contribution >= 0.6 is 11.6 Å². The first-order valence-corrected chi connectivity index (χ1v) is 8.62. The van der Waals surface area contributed by atoms with Gasteiger partial charge in [-0.25, -0.2) is 0 Å². The Labute approximate surface area is 128 Å². The van der Waals surface area contributed by atoms with Crippen molar-refractivity contribution in [3.05, 3.63) is 34.9 Å². The van der Waals surface area contributed by atoms with Gasteiger partial charge in [0.15, 0.2) is 0 Å². The molecule has 2 heteroatoms. The van der Waals surface area contributed by atoms with Crippen LogP contribution in [0.2, 0.25) is 5.02 Å². The minimum atomic E-state index is 0.355. The van der Waals surface area contributed by atoms with Crippen molar-refractivity contribution in [1.29, 1.82) is 0 Å². The van der Waals surface area contributed by atoms with Crippen molar-refractivity contribution in [2.75, 3.05) is 0 Å². The van der Waals surface area contributed by atoms with Crippen LogP contribution in [0.15, 0.2) is 24.3 Å². The summed E-state index contributed by atoms with van der Waals surface area (Å²) >= 11 is 6.31. The van der Waals surface area contributed by atoms with Gasteiger partial charge in [-0.3, -0.25) is 0 Å². The zero-order chi connectivity index (χ0) is 13.9. The number of halogens is 1. The Morgan fingerprint density at radius 2 is 1.80 bits per heavy atom. The summed E-state index contributed by atoms with van der Waals surface area (Å²) in [5.41, 5.74) is 1.24. The van der Waals surface area contributed by atoms with Crippen molar-refractivity contribution < 1.29 is 0 Å². The third-order valence-electron chi connectivity index (χ3n) is 5.40. The van der Waals surface area contributed by atoms with Gasteiger partial charge in [0.25, 0.3) is 0 Å². The molecule has 0 aliphatic heterocycles. The molecule has 20 heavy (non-hydrogen) atoms. The standard InChI is InChI=1S/C18H26ClN/c1-13(17-8-4-5-9-18(17)19)20-16-11-10-14-6-2-3-7-15(14)12-16/h4-5,8-9,13-16,20H,2-3,6-7,10-12H2,1H3/t13-,14?,15?,16?/m0/s1. The molecule has 2 aliphatic rings. The zero-order valence-corrected chi connectivity index (χ0v) is 13.2. The Morgan fingerprint density at radius 3 is 2.60 bits per heavy atom. The summed E-state index contributed by atoms with van der Waals surface area (Å²) in [6.45, 7) is 2.24. The van der Waals surface area contributed by atoms with Crippen molar-refractivity contribution in [3.63, 3.8) is 0 Å². The minimum Gasteiger partial charge on any atom is -0.307 e. The summed E-state index contributed by atoms with van der Waals surface area (Å²) in [5.74, 6) is 2.01. The second-order valence-corrected chi connectivity index (χ2v) is 7.13. The molecule has 0 heterocycles. The Morgan fingerprint density at radius 1 is 1.05 bits per heavy atom. The van der Waals surface area contributed by atoms with E-state index in [0.29, 0.717) is 12.1 Å². The Kier molecular flexibility index (Phi) is 4.68. The SMILES string of the molecule is C[C@H](NC1CCC2CCCCC2C1)c1ccccc1Cl. The van der Waals surface area contributed by atoms with Gasteiger partial charge in [-0.2, -0.15) is 0 Å². The summed E-state index contributed by atoms with van der Waals surface area (Å²) in [7, 11) is 0. The molecule has 1 nitrogen and oxygen atoms in total. The Balaban J connectivity index is 1.59. The van der Waals surface area contributed by atoms with E-state index in [1.807, 2.05) is 12.1 Å². The average molecular weight is 292 g/mol. The minimum absolute atomic E-state index is 0.355. The lowest BCUT2D eigenvalue weighted by Crippen LogP contribution is -2.39. The lowest BCUT2D eigenvalue weighted by atomic mass is 9.69. The van der Waals surface area contributed by atoms with Crippen LogP contribution in [0.1, 0.15) is 63.5 Å². The average Bonchev–Trinajstić information content (AvgIpc) is 2.47. The van der Waals surface area contributed by atoms with Crippen LogP contribution in [0.25, 0.3) is 0 Å². The van der Waals surface area contributed by atoms with Gasteiger partial charge in [-0.05, 0) is 49.7 Å². The second-order valence-electron chi connectivity index (χ2n) is 6.72. The van der Waals surface area contributed by atoms with Gasteiger partial charge in [0.2, 0.25) is 0 Å². The van der Waals surface area contributed by atoms with Gasteiger partial charge in [0.1, 0.15) is 0 Å². The molecule has 2 fully saturated rings. The normalized spacial score (nSPS) is 31.6. The van der Waals surface area contributed by atoms with E-state index in [2.05, 4.69) is 24.4 Å². The number of rotatable bonds is 3. The molecule has 1 N–H and O–H groups in total. The monoisotopic (exact) mass is 291 g/mol. The highest BCUT2D eigenvalue weighted by molar-refractivity contribution is 6.31. The molecule has 110 valence electrons. The van der Waals surface area contributed by atoms with E-state index >= 15 is 0 Å². The highest BCUT2D eigenvalue weighted by Gasteiger charge is 2.32. The first-order valence-electron chi connectivity index (χ1n) is 8.24. The molecule has 0 bridgehead atoms. The number of hydrogen-bond donors (Lipinski definition) is 1. The predicted molar refractivity (Wildman–Crippen MR) is 86.1 cm³/mol. The number of nitrogens with one attached hydrogen (secondary N) is 1. The zero-order valence-electron chi connectivity index (χ0n) is 12.4. The summed E-state index contributed by atoms with van der Waals surface area (Å²) < 4.78 is 0. The molecular formula is C18H26ClN. The lowest BCUT2D eigenvalue weighted by molar-refractivity contribution is 0.139. The third kappa shape index (κ3) is 3.20. The van der Waals surface area contributed by atoms with Gasteiger partial charge in [-0.1, -0.05) is 55.5 Å². The van der Waals surface area contributed by atoms with Gasteiger partial charge in [0, 0.05) is 17.1 Å². The van der Waals surface area contributed by atoms with E-state index in [9.17, 15) is 0 Å². The summed E-state index contributed by atoms with van der Waals surface area (Å²) in [4.78, 5) is 0. The van der Waals surface area contributed by atoms with E-state index < -0.39 is 0 Å². The molecule has 4 atom stereocenters. The van der Waals surface area contributed by atoms with Gasteiger partial charge >= 0.3 is 0 Å². The highest BCUT2D eigenvalue weighted by atomic mass is 35.5. The summed E-state index contributed by atoms with van der Waals surface area (Å²) in [5, 5.41) is 4.71. The van der Waals surface area contributed by atoms with E-state index in [4.69, 9.17) is 11.6 Å². The number of fused-ring (bicyclic) bond motifs is 1. The molecule has 2 aliphatic carbocycles. The predicted octanol–water partition coefficient (Wildman–Crippen LogP) is 5.35. The summed E-state index contributed by atoms with van der Waals surface area (Å²) in [6.07, 6.45) is 10.0. The first-order chi connectivity index (χ1) is 9.74. The van der Waals surface area contributed by atoms with Crippen LogP contribution in [0.4, 0.5) is 0 Å². The molecule has 0 radical (unpaired) electrons. The van der Waals surface area contributed by atoms with Crippen LogP contribution in [-0.4, -0.2) is 6.04 Å². The Hall–Kier alpha value is -0.530. The lowest BCUT2D eigenvalue weighted by Gasteiger charge is -2.40. The van der Waals surface area contributed by atoms with Crippen LogP contribution < -0.4 is 5.32 Å². The molecule has 0 saturated heterocycles. The Bertz CT molecular complexity index is 445. The van der Waals surface area contributed by atoms with Crippen molar-refractivity contribution in [2.24, 2.45) is 11.8 Å². The smallest absolute Gasteiger partial charge is 0.0453 e. The molecule has 1 aromatic carbocycles. The van der Waals surface area contributed by atoms with Crippen molar-refractivity contribution >= 4 is 11.6 Å². The molecule has 0 aromatic heterocycles. The van der Waals surface area contributed by atoms with Gasteiger partial charge in [-0.15, -0.1) is 0 Å². The van der Waals surface area contributed by atoms with Crippen LogP contribution in [0.3, 0.4) is 0 Å². The molecule has 3 rings (SSSR count). The molecule has 2 saturated carbocycles. The van der Waals surface area contributed by atoms with E-state index in [0.717, 1.165) is 16.9 Å². The van der Waals surface area contributed by atoms with E-state index in [1.54, 1.807) is 0 Å². The van der Waals surface area contributed by atoms with Crippen LogP contribution in [0.5, 0.6) is 0 Å². The third-order valence-corrected chi connectivity index (χ3v) is 5.74. The molecule has 0 spiro atoms. The quantitative estimate of drug-likeness (QED) is 0.791. The van der Waals surface area contributed by atoms with Gasteiger partial charge < -0.3 is 5.32 Å². The fourth-order valence-electron chi connectivity index (χ4n) is 4.29. The molecular weight excluding hydrogens is 266 g/mol. The van der Waals surface area contributed by atoms with E-state index in [-0.39, 0.29) is 0 Å². The fraction of sp³-hybridized carbons (Fsp3) is 0.667. The van der Waals surface area contributed by atoms with Crippen LogP contribution in [-0.2, 0) is 0 Å². The maximum atomic E-state index is 6.31. The van der Waals surface area contributed by atoms with Crippen molar-refractivity contribution in [2.45, 2.75) is 64.0 Å². The highest BCUT2D eigenvalue weighted by Crippen LogP contribution is 2.41. The number of hydrogen-bond acceptors (Lipinski definition) is 1. The maximum Gasteiger partial charge on any atom is 0.0453 e. The maximum absolute atomic E-state index is 6.31. The van der Waals surface area contributed by atoms with Crippen LogP contribution in [0, 0.1) is 11.8 Å². The molecule has 3 unspecified atom stereocenters. The van der Waals surface area contributed by atoms with Crippen molar-refractivity contribution in [3.8, 4) is 0 Å². The fourth-order valence-corrected chi connectivity index (χ4v) is 4.59. The largest absolute Gasteiger partial charge is 0.307 e. The number of benzene rings is 1. The first kappa shape index (κ1) is 14.4.